The minimum absolute atomic E-state index is 0.383. The molecule has 3 nitrogen and oxygen atoms in total. The maximum atomic E-state index is 9.38. The van der Waals surface area contributed by atoms with E-state index in [4.69, 9.17) is 0 Å². The van der Waals surface area contributed by atoms with E-state index >= 15 is 0 Å². The summed E-state index contributed by atoms with van der Waals surface area (Å²) < 4.78 is 0. The third-order valence-corrected chi connectivity index (χ3v) is 5.45. The van der Waals surface area contributed by atoms with Crippen LogP contribution < -0.4 is 5.32 Å². The first-order valence-corrected chi connectivity index (χ1v) is 8.31. The van der Waals surface area contributed by atoms with Crippen molar-refractivity contribution in [2.45, 2.75) is 52.0 Å². The summed E-state index contributed by atoms with van der Waals surface area (Å²) in [5.41, 5.74) is 0. The molecule has 1 aliphatic heterocycles. The zero-order chi connectivity index (χ0) is 13.7. The third kappa shape index (κ3) is 4.17. The highest BCUT2D eigenvalue weighted by Gasteiger charge is 2.28. The van der Waals surface area contributed by atoms with Crippen LogP contribution in [0, 0.1) is 17.8 Å². The standard InChI is InChI=1S/C16H32N2O/c1-3-18-9-5-8-15(11-18)13(2)17-10-14-6-4-7-16(14)12-19/h13-17,19H,3-12H2,1-2H3. The minimum Gasteiger partial charge on any atom is -0.396 e. The Hall–Kier alpha value is -0.120. The fourth-order valence-corrected chi connectivity index (χ4v) is 3.91. The van der Waals surface area contributed by atoms with Gasteiger partial charge in [-0.25, -0.2) is 0 Å². The average Bonchev–Trinajstić information content (AvgIpc) is 2.92. The highest BCUT2D eigenvalue weighted by molar-refractivity contribution is 4.83. The quantitative estimate of drug-likeness (QED) is 0.774. The van der Waals surface area contributed by atoms with Crippen LogP contribution in [0.4, 0.5) is 0 Å². The second kappa shape index (κ2) is 7.61. The van der Waals surface area contributed by atoms with Gasteiger partial charge in [-0.1, -0.05) is 13.3 Å². The molecule has 1 saturated carbocycles. The maximum Gasteiger partial charge on any atom is 0.0462 e. The van der Waals surface area contributed by atoms with Crippen molar-refractivity contribution in [3.63, 3.8) is 0 Å². The molecule has 4 unspecified atom stereocenters. The molecule has 2 aliphatic rings. The van der Waals surface area contributed by atoms with Gasteiger partial charge in [0.15, 0.2) is 0 Å². The normalized spacial score (nSPS) is 34.6. The Morgan fingerprint density at radius 1 is 1.21 bits per heavy atom. The molecular formula is C16H32N2O. The summed E-state index contributed by atoms with van der Waals surface area (Å²) in [7, 11) is 0. The molecule has 19 heavy (non-hydrogen) atoms. The molecule has 1 heterocycles. The van der Waals surface area contributed by atoms with Crippen LogP contribution in [-0.4, -0.2) is 48.8 Å². The Balaban J connectivity index is 1.72. The predicted octanol–water partition coefficient (Wildman–Crippen LogP) is 2.10. The van der Waals surface area contributed by atoms with Crippen LogP contribution in [0.1, 0.15) is 46.0 Å². The summed E-state index contributed by atoms with van der Waals surface area (Å²) >= 11 is 0. The number of piperidine rings is 1. The first-order chi connectivity index (χ1) is 9.24. The van der Waals surface area contributed by atoms with Gasteiger partial charge in [-0.3, -0.25) is 0 Å². The molecule has 0 radical (unpaired) electrons. The summed E-state index contributed by atoms with van der Waals surface area (Å²) in [6, 6.07) is 0.620. The number of nitrogens with zero attached hydrogens (tertiary/aromatic N) is 1. The van der Waals surface area contributed by atoms with Gasteiger partial charge in [0.2, 0.25) is 0 Å². The first kappa shape index (κ1) is 15.3. The lowest BCUT2D eigenvalue weighted by Crippen LogP contribution is -2.45. The second-order valence-electron chi connectivity index (χ2n) is 6.63. The van der Waals surface area contributed by atoms with Crippen molar-refractivity contribution in [3.8, 4) is 0 Å². The van der Waals surface area contributed by atoms with Gasteiger partial charge >= 0.3 is 0 Å². The molecule has 4 atom stereocenters. The Morgan fingerprint density at radius 2 is 2.00 bits per heavy atom. The van der Waals surface area contributed by atoms with Crippen molar-refractivity contribution in [3.05, 3.63) is 0 Å². The lowest BCUT2D eigenvalue weighted by Gasteiger charge is -2.36. The molecule has 0 aromatic carbocycles. The lowest BCUT2D eigenvalue weighted by molar-refractivity contribution is 0.149. The zero-order valence-corrected chi connectivity index (χ0v) is 12.8. The summed E-state index contributed by atoms with van der Waals surface area (Å²) in [4.78, 5) is 2.58. The van der Waals surface area contributed by atoms with E-state index in [1.54, 1.807) is 0 Å². The molecule has 2 rings (SSSR count). The molecular weight excluding hydrogens is 236 g/mol. The molecule has 2 N–H and O–H groups in total. The van der Waals surface area contributed by atoms with Crippen LogP contribution >= 0.6 is 0 Å². The average molecular weight is 268 g/mol. The lowest BCUT2D eigenvalue weighted by atomic mass is 9.90. The highest BCUT2D eigenvalue weighted by atomic mass is 16.3. The molecule has 0 aromatic rings. The molecule has 1 aliphatic carbocycles. The van der Waals surface area contributed by atoms with E-state index in [-0.39, 0.29) is 0 Å². The van der Waals surface area contributed by atoms with E-state index in [0.29, 0.717) is 24.5 Å². The summed E-state index contributed by atoms with van der Waals surface area (Å²) in [6.45, 7) is 9.85. The molecule has 3 heteroatoms. The predicted molar refractivity (Wildman–Crippen MR) is 80.2 cm³/mol. The Bertz CT molecular complexity index is 259. The van der Waals surface area contributed by atoms with Crippen LogP contribution in [0.3, 0.4) is 0 Å². The van der Waals surface area contributed by atoms with E-state index in [0.717, 1.165) is 12.5 Å². The fraction of sp³-hybridized carbons (Fsp3) is 1.00. The minimum atomic E-state index is 0.383. The molecule has 0 bridgehead atoms. The van der Waals surface area contributed by atoms with Gasteiger partial charge in [-0.2, -0.15) is 0 Å². The van der Waals surface area contributed by atoms with E-state index in [2.05, 4.69) is 24.1 Å². The van der Waals surface area contributed by atoms with E-state index in [1.807, 2.05) is 0 Å². The van der Waals surface area contributed by atoms with Gasteiger partial charge in [0.05, 0.1) is 0 Å². The monoisotopic (exact) mass is 268 g/mol. The van der Waals surface area contributed by atoms with Gasteiger partial charge in [0.25, 0.3) is 0 Å². The highest BCUT2D eigenvalue weighted by Crippen LogP contribution is 2.31. The molecule has 0 aromatic heterocycles. The molecule has 2 fully saturated rings. The number of likely N-dealkylation sites (tertiary alicyclic amines) is 1. The number of nitrogens with one attached hydrogen (secondary N) is 1. The van der Waals surface area contributed by atoms with Crippen LogP contribution in [0.2, 0.25) is 0 Å². The maximum absolute atomic E-state index is 9.38. The number of aliphatic hydroxyl groups is 1. The number of aliphatic hydroxyl groups excluding tert-OH is 1. The van der Waals surface area contributed by atoms with Crippen LogP contribution in [0.15, 0.2) is 0 Å². The molecule has 0 amide bonds. The van der Waals surface area contributed by atoms with Crippen LogP contribution in [0.25, 0.3) is 0 Å². The SMILES string of the molecule is CCN1CCCC(C(C)NCC2CCCC2CO)C1. The third-order valence-electron chi connectivity index (χ3n) is 5.45. The van der Waals surface area contributed by atoms with Crippen molar-refractivity contribution in [2.24, 2.45) is 17.8 Å². The summed E-state index contributed by atoms with van der Waals surface area (Å²) in [5, 5.41) is 13.1. The van der Waals surface area contributed by atoms with Crippen LogP contribution in [-0.2, 0) is 0 Å². The van der Waals surface area contributed by atoms with Crippen molar-refractivity contribution >= 4 is 0 Å². The molecule has 1 saturated heterocycles. The van der Waals surface area contributed by atoms with Gasteiger partial charge < -0.3 is 15.3 Å². The molecule has 0 spiro atoms. The summed E-state index contributed by atoms with van der Waals surface area (Å²) in [6.07, 6.45) is 6.56. The number of hydrogen-bond donors (Lipinski definition) is 2. The van der Waals surface area contributed by atoms with Crippen LogP contribution in [0.5, 0.6) is 0 Å². The first-order valence-electron chi connectivity index (χ1n) is 8.31. The Labute approximate surface area is 118 Å². The van der Waals surface area contributed by atoms with Gasteiger partial charge in [0.1, 0.15) is 0 Å². The second-order valence-corrected chi connectivity index (χ2v) is 6.63. The van der Waals surface area contributed by atoms with E-state index < -0.39 is 0 Å². The zero-order valence-electron chi connectivity index (χ0n) is 12.8. The molecule has 112 valence electrons. The topological polar surface area (TPSA) is 35.5 Å². The Kier molecular flexibility index (Phi) is 6.11. The Morgan fingerprint density at radius 3 is 2.74 bits per heavy atom. The van der Waals surface area contributed by atoms with Crippen molar-refractivity contribution in [1.82, 2.24) is 10.2 Å². The van der Waals surface area contributed by atoms with Gasteiger partial charge in [0, 0.05) is 19.2 Å². The summed E-state index contributed by atoms with van der Waals surface area (Å²) in [5.74, 6) is 2.07. The van der Waals surface area contributed by atoms with Gasteiger partial charge in [-0.15, -0.1) is 0 Å². The van der Waals surface area contributed by atoms with Crippen molar-refractivity contribution in [1.29, 1.82) is 0 Å². The van der Waals surface area contributed by atoms with E-state index in [9.17, 15) is 5.11 Å². The van der Waals surface area contributed by atoms with E-state index in [1.165, 1.54) is 51.7 Å². The van der Waals surface area contributed by atoms with Crippen molar-refractivity contribution < 1.29 is 5.11 Å². The fourth-order valence-electron chi connectivity index (χ4n) is 3.91. The number of rotatable bonds is 6. The van der Waals surface area contributed by atoms with Gasteiger partial charge in [-0.05, 0) is 70.0 Å². The van der Waals surface area contributed by atoms with Crippen molar-refractivity contribution in [2.75, 3.05) is 32.8 Å². The smallest absolute Gasteiger partial charge is 0.0462 e. The largest absolute Gasteiger partial charge is 0.396 e. The number of hydrogen-bond acceptors (Lipinski definition) is 3.